The molecule has 2 rings (SSSR count). The molecule has 0 aromatic carbocycles. The monoisotopic (exact) mass is 249 g/mol. The third-order valence-corrected chi connectivity index (χ3v) is 4.60. The lowest BCUT2D eigenvalue weighted by molar-refractivity contribution is 0.290. The molecule has 102 valence electrons. The maximum atomic E-state index is 6.61. The highest BCUT2D eigenvalue weighted by Crippen LogP contribution is 2.38. The number of nitrogens with zero attached hydrogens (tertiary/aromatic N) is 2. The summed E-state index contributed by atoms with van der Waals surface area (Å²) >= 11 is 0. The molecule has 1 saturated carbocycles. The Hall–Kier alpha value is -0.830. The van der Waals surface area contributed by atoms with Crippen molar-refractivity contribution < 1.29 is 0 Å². The van der Waals surface area contributed by atoms with Crippen LogP contribution in [0.25, 0.3) is 0 Å². The van der Waals surface area contributed by atoms with E-state index in [2.05, 4.69) is 30.4 Å². The Labute approximate surface area is 111 Å². The lowest BCUT2D eigenvalue weighted by Gasteiger charge is -2.29. The normalized spacial score (nSPS) is 28.0. The number of rotatable bonds is 3. The Bertz CT molecular complexity index is 394. The van der Waals surface area contributed by atoms with Crippen LogP contribution in [0.1, 0.15) is 58.2 Å². The largest absolute Gasteiger partial charge is 0.338 e. The Morgan fingerprint density at radius 3 is 2.72 bits per heavy atom. The van der Waals surface area contributed by atoms with Gasteiger partial charge in [0, 0.05) is 31.4 Å². The summed E-state index contributed by atoms with van der Waals surface area (Å²) in [5.74, 6) is 1.16. The fourth-order valence-corrected chi connectivity index (χ4v) is 3.00. The van der Waals surface area contributed by atoms with Gasteiger partial charge in [0.15, 0.2) is 0 Å². The van der Waals surface area contributed by atoms with E-state index in [4.69, 9.17) is 5.73 Å². The van der Waals surface area contributed by atoms with Crippen LogP contribution < -0.4 is 5.73 Å². The molecule has 0 aliphatic heterocycles. The molecule has 0 radical (unpaired) electrons. The van der Waals surface area contributed by atoms with E-state index in [1.165, 1.54) is 25.7 Å². The highest BCUT2D eigenvalue weighted by molar-refractivity contribution is 4.96. The smallest absolute Gasteiger partial charge is 0.108 e. The molecule has 0 saturated heterocycles. The average Bonchev–Trinajstić information content (AvgIpc) is 2.64. The van der Waals surface area contributed by atoms with Gasteiger partial charge in [-0.25, -0.2) is 4.98 Å². The van der Waals surface area contributed by atoms with Crippen molar-refractivity contribution in [2.75, 3.05) is 0 Å². The molecule has 1 aliphatic rings. The van der Waals surface area contributed by atoms with Crippen molar-refractivity contribution >= 4 is 0 Å². The first-order valence-corrected chi connectivity index (χ1v) is 7.15. The Morgan fingerprint density at radius 1 is 1.28 bits per heavy atom. The predicted molar refractivity (Wildman–Crippen MR) is 75.3 cm³/mol. The molecule has 1 aromatic rings. The van der Waals surface area contributed by atoms with Gasteiger partial charge < -0.3 is 10.3 Å². The van der Waals surface area contributed by atoms with Crippen LogP contribution in [-0.2, 0) is 13.5 Å². The van der Waals surface area contributed by atoms with E-state index in [1.54, 1.807) is 0 Å². The maximum Gasteiger partial charge on any atom is 0.108 e. The van der Waals surface area contributed by atoms with E-state index in [0.29, 0.717) is 5.41 Å². The van der Waals surface area contributed by atoms with E-state index < -0.39 is 0 Å². The molecule has 3 nitrogen and oxygen atoms in total. The van der Waals surface area contributed by atoms with Crippen molar-refractivity contribution in [2.45, 2.75) is 64.3 Å². The highest BCUT2D eigenvalue weighted by atomic mass is 15.0. The van der Waals surface area contributed by atoms with Crippen LogP contribution in [0.2, 0.25) is 0 Å². The van der Waals surface area contributed by atoms with Crippen molar-refractivity contribution in [3.8, 4) is 0 Å². The number of hydrogen-bond donors (Lipinski definition) is 1. The quantitative estimate of drug-likeness (QED) is 0.837. The maximum absolute atomic E-state index is 6.61. The summed E-state index contributed by atoms with van der Waals surface area (Å²) in [4.78, 5) is 4.39. The Kier molecular flexibility index (Phi) is 3.81. The molecule has 0 spiro atoms. The van der Waals surface area contributed by atoms with Gasteiger partial charge in [0.2, 0.25) is 0 Å². The van der Waals surface area contributed by atoms with Gasteiger partial charge in [-0.15, -0.1) is 0 Å². The van der Waals surface area contributed by atoms with Gasteiger partial charge in [0.1, 0.15) is 5.82 Å². The molecule has 0 bridgehead atoms. The number of nitrogens with two attached hydrogens (primary N) is 1. The van der Waals surface area contributed by atoms with Crippen LogP contribution in [0, 0.1) is 5.41 Å². The standard InChI is InChI=1S/C15H27N3/c1-14(2)6-4-7-15(16,10-9-14)8-5-13-17-11-12-18(13)3/h11-12H,4-10,16H2,1-3H3. The molecule has 1 fully saturated rings. The van der Waals surface area contributed by atoms with Crippen LogP contribution in [0.4, 0.5) is 0 Å². The average molecular weight is 249 g/mol. The highest BCUT2D eigenvalue weighted by Gasteiger charge is 2.32. The zero-order valence-corrected chi connectivity index (χ0v) is 12.1. The topological polar surface area (TPSA) is 43.8 Å². The minimum Gasteiger partial charge on any atom is -0.338 e. The van der Waals surface area contributed by atoms with Crippen molar-refractivity contribution in [1.29, 1.82) is 0 Å². The fraction of sp³-hybridized carbons (Fsp3) is 0.800. The van der Waals surface area contributed by atoms with Crippen molar-refractivity contribution in [3.05, 3.63) is 18.2 Å². The molecule has 3 heteroatoms. The molecule has 1 aliphatic carbocycles. The van der Waals surface area contributed by atoms with Crippen molar-refractivity contribution in [1.82, 2.24) is 9.55 Å². The van der Waals surface area contributed by atoms with Gasteiger partial charge in [-0.2, -0.15) is 0 Å². The van der Waals surface area contributed by atoms with Gasteiger partial charge in [0.25, 0.3) is 0 Å². The summed E-state index contributed by atoms with van der Waals surface area (Å²) in [6.45, 7) is 4.75. The zero-order chi connectivity index (χ0) is 13.2. The van der Waals surface area contributed by atoms with Gasteiger partial charge in [-0.3, -0.25) is 0 Å². The molecule has 18 heavy (non-hydrogen) atoms. The second-order valence-corrected chi connectivity index (χ2v) is 6.83. The lowest BCUT2D eigenvalue weighted by Crippen LogP contribution is -2.40. The second kappa shape index (κ2) is 5.04. The first-order chi connectivity index (χ1) is 8.40. The van der Waals surface area contributed by atoms with Gasteiger partial charge in [-0.1, -0.05) is 20.3 Å². The first-order valence-electron chi connectivity index (χ1n) is 7.15. The summed E-state index contributed by atoms with van der Waals surface area (Å²) in [5, 5.41) is 0. The van der Waals surface area contributed by atoms with Gasteiger partial charge >= 0.3 is 0 Å². The molecular weight excluding hydrogens is 222 g/mol. The van der Waals surface area contributed by atoms with Crippen LogP contribution in [0.5, 0.6) is 0 Å². The summed E-state index contributed by atoms with van der Waals surface area (Å²) in [7, 11) is 2.06. The molecule has 1 unspecified atom stereocenters. The number of imidazole rings is 1. The fourth-order valence-electron chi connectivity index (χ4n) is 3.00. The second-order valence-electron chi connectivity index (χ2n) is 6.83. The van der Waals surface area contributed by atoms with Gasteiger partial charge in [-0.05, 0) is 37.5 Å². The zero-order valence-electron chi connectivity index (χ0n) is 12.1. The van der Waals surface area contributed by atoms with Crippen molar-refractivity contribution in [2.24, 2.45) is 18.2 Å². The molecular formula is C15H27N3. The summed E-state index contributed by atoms with van der Waals surface area (Å²) in [6, 6.07) is 0. The third-order valence-electron chi connectivity index (χ3n) is 4.60. The first kappa shape index (κ1) is 13.6. The van der Waals surface area contributed by atoms with E-state index in [1.807, 2.05) is 12.4 Å². The van der Waals surface area contributed by atoms with E-state index >= 15 is 0 Å². The predicted octanol–water partition coefficient (Wildman–Crippen LogP) is 3.04. The molecule has 1 heterocycles. The van der Waals surface area contributed by atoms with Crippen LogP contribution in [-0.4, -0.2) is 15.1 Å². The van der Waals surface area contributed by atoms with E-state index in [-0.39, 0.29) is 5.54 Å². The minimum absolute atomic E-state index is 0.0275. The Balaban J connectivity index is 1.93. The number of hydrogen-bond acceptors (Lipinski definition) is 2. The molecule has 0 amide bonds. The van der Waals surface area contributed by atoms with Crippen LogP contribution in [0.3, 0.4) is 0 Å². The lowest BCUT2D eigenvalue weighted by atomic mass is 9.82. The van der Waals surface area contributed by atoms with Crippen LogP contribution >= 0.6 is 0 Å². The van der Waals surface area contributed by atoms with Gasteiger partial charge in [0.05, 0.1) is 0 Å². The summed E-state index contributed by atoms with van der Waals surface area (Å²) in [5.41, 5.74) is 7.11. The Morgan fingerprint density at radius 2 is 2.06 bits per heavy atom. The summed E-state index contributed by atoms with van der Waals surface area (Å²) < 4.78 is 2.10. The summed E-state index contributed by atoms with van der Waals surface area (Å²) in [6.07, 6.45) is 12.1. The van der Waals surface area contributed by atoms with Crippen LogP contribution in [0.15, 0.2) is 12.4 Å². The number of aryl methyl sites for hydroxylation is 2. The van der Waals surface area contributed by atoms with E-state index in [0.717, 1.165) is 25.1 Å². The molecule has 1 atom stereocenters. The number of aromatic nitrogens is 2. The van der Waals surface area contributed by atoms with E-state index in [9.17, 15) is 0 Å². The van der Waals surface area contributed by atoms with Crippen molar-refractivity contribution in [3.63, 3.8) is 0 Å². The molecule has 1 aromatic heterocycles. The third kappa shape index (κ3) is 3.35. The minimum atomic E-state index is 0.0275. The molecule has 2 N–H and O–H groups in total. The SMILES string of the molecule is Cn1ccnc1CCC1(N)CCCC(C)(C)CC1.